The van der Waals surface area contributed by atoms with Crippen molar-refractivity contribution in [3.8, 4) is 0 Å². The van der Waals surface area contributed by atoms with Crippen LogP contribution in [0.3, 0.4) is 0 Å². The van der Waals surface area contributed by atoms with Gasteiger partial charge in [0, 0.05) is 25.7 Å². The van der Waals surface area contributed by atoms with Crippen molar-refractivity contribution in [3.63, 3.8) is 0 Å². The summed E-state index contributed by atoms with van der Waals surface area (Å²) in [6, 6.07) is -0.0173. The number of rotatable bonds is 7. The van der Waals surface area contributed by atoms with E-state index < -0.39 is 9.84 Å². The Morgan fingerprint density at radius 3 is 2.65 bits per heavy atom. The Labute approximate surface area is 140 Å². The van der Waals surface area contributed by atoms with E-state index in [0.29, 0.717) is 25.0 Å². The molecule has 7 heteroatoms. The Morgan fingerprint density at radius 1 is 1.22 bits per heavy atom. The van der Waals surface area contributed by atoms with E-state index >= 15 is 0 Å². The molecule has 23 heavy (non-hydrogen) atoms. The van der Waals surface area contributed by atoms with Crippen molar-refractivity contribution in [1.82, 2.24) is 10.6 Å². The molecule has 1 atom stereocenters. The lowest BCUT2D eigenvalue weighted by Crippen LogP contribution is -2.44. The van der Waals surface area contributed by atoms with Gasteiger partial charge in [0.15, 0.2) is 15.8 Å². The summed E-state index contributed by atoms with van der Waals surface area (Å²) in [5.41, 5.74) is 0. The fraction of sp³-hybridized carbons (Fsp3) is 0.938. The van der Waals surface area contributed by atoms with E-state index in [-0.39, 0.29) is 17.5 Å². The molecule has 1 aliphatic carbocycles. The van der Waals surface area contributed by atoms with Crippen LogP contribution in [0.25, 0.3) is 0 Å². The number of nitrogens with zero attached hydrogens (tertiary/aromatic N) is 1. The van der Waals surface area contributed by atoms with Gasteiger partial charge in [0.2, 0.25) is 0 Å². The van der Waals surface area contributed by atoms with Crippen molar-refractivity contribution in [1.29, 1.82) is 0 Å². The molecule has 1 heterocycles. The predicted molar refractivity (Wildman–Crippen MR) is 93.6 cm³/mol. The molecule has 1 saturated heterocycles. The summed E-state index contributed by atoms with van der Waals surface area (Å²) < 4.78 is 28.9. The van der Waals surface area contributed by atoms with E-state index in [9.17, 15) is 8.42 Å². The van der Waals surface area contributed by atoms with Crippen molar-refractivity contribution >= 4 is 15.8 Å². The molecular formula is C16H31N3O3S. The molecule has 2 fully saturated rings. The van der Waals surface area contributed by atoms with Gasteiger partial charge in [-0.15, -0.1) is 0 Å². The SMILES string of the molecule is CCNC(=NCCCOC1CCCCC1)NC1CCS(=O)(=O)C1. The van der Waals surface area contributed by atoms with Crippen LogP contribution in [0.15, 0.2) is 4.99 Å². The Morgan fingerprint density at radius 2 is 2.00 bits per heavy atom. The van der Waals surface area contributed by atoms with Crippen LogP contribution in [0, 0.1) is 0 Å². The van der Waals surface area contributed by atoms with Crippen molar-refractivity contribution in [2.45, 2.75) is 64.0 Å². The Balaban J connectivity index is 1.66. The maximum Gasteiger partial charge on any atom is 0.191 e. The number of nitrogens with one attached hydrogen (secondary N) is 2. The fourth-order valence-corrected chi connectivity index (χ4v) is 4.83. The first-order chi connectivity index (χ1) is 11.1. The van der Waals surface area contributed by atoms with Crippen molar-refractivity contribution in [2.75, 3.05) is 31.2 Å². The number of hydrogen-bond donors (Lipinski definition) is 2. The maximum absolute atomic E-state index is 11.5. The molecule has 2 rings (SSSR count). The fourth-order valence-electron chi connectivity index (χ4n) is 3.16. The molecule has 2 aliphatic rings. The molecule has 0 aromatic carbocycles. The molecule has 0 bridgehead atoms. The predicted octanol–water partition coefficient (Wildman–Crippen LogP) is 1.47. The molecular weight excluding hydrogens is 314 g/mol. The van der Waals surface area contributed by atoms with Crippen LogP contribution < -0.4 is 10.6 Å². The van der Waals surface area contributed by atoms with Gasteiger partial charge in [-0.05, 0) is 32.6 Å². The first kappa shape index (κ1) is 18.5. The lowest BCUT2D eigenvalue weighted by molar-refractivity contribution is 0.0281. The Bertz CT molecular complexity index is 473. The summed E-state index contributed by atoms with van der Waals surface area (Å²) in [6.45, 7) is 4.23. The van der Waals surface area contributed by atoms with E-state index in [1.807, 2.05) is 6.92 Å². The zero-order valence-electron chi connectivity index (χ0n) is 14.2. The number of hydrogen-bond acceptors (Lipinski definition) is 4. The van der Waals surface area contributed by atoms with E-state index in [4.69, 9.17) is 4.74 Å². The zero-order valence-corrected chi connectivity index (χ0v) is 15.0. The van der Waals surface area contributed by atoms with Crippen molar-refractivity contribution < 1.29 is 13.2 Å². The summed E-state index contributed by atoms with van der Waals surface area (Å²) in [5.74, 6) is 1.20. The van der Waals surface area contributed by atoms with Gasteiger partial charge < -0.3 is 15.4 Å². The molecule has 1 unspecified atom stereocenters. The van der Waals surface area contributed by atoms with Gasteiger partial charge >= 0.3 is 0 Å². The van der Waals surface area contributed by atoms with Gasteiger partial charge in [-0.3, -0.25) is 4.99 Å². The van der Waals surface area contributed by atoms with E-state index in [1.165, 1.54) is 32.1 Å². The summed E-state index contributed by atoms with van der Waals surface area (Å²) in [7, 11) is -2.86. The van der Waals surface area contributed by atoms with Crippen LogP contribution >= 0.6 is 0 Å². The first-order valence-electron chi connectivity index (χ1n) is 8.96. The second-order valence-corrected chi connectivity index (χ2v) is 8.72. The van der Waals surface area contributed by atoms with Crippen LogP contribution in [-0.4, -0.2) is 57.7 Å². The standard InChI is InChI=1S/C16H31N3O3S/c1-2-17-16(19-14-9-12-23(20,21)13-14)18-10-6-11-22-15-7-4-3-5-8-15/h14-15H,2-13H2,1H3,(H2,17,18,19). The highest BCUT2D eigenvalue weighted by Crippen LogP contribution is 2.20. The minimum atomic E-state index is -2.86. The summed E-state index contributed by atoms with van der Waals surface area (Å²) >= 11 is 0. The van der Waals surface area contributed by atoms with Crippen LogP contribution in [0.4, 0.5) is 0 Å². The largest absolute Gasteiger partial charge is 0.378 e. The monoisotopic (exact) mass is 345 g/mol. The highest BCUT2D eigenvalue weighted by Gasteiger charge is 2.28. The zero-order chi connectivity index (χ0) is 16.5. The van der Waals surface area contributed by atoms with Crippen molar-refractivity contribution in [2.24, 2.45) is 4.99 Å². The topological polar surface area (TPSA) is 79.8 Å². The second kappa shape index (κ2) is 9.47. The lowest BCUT2D eigenvalue weighted by Gasteiger charge is -2.21. The van der Waals surface area contributed by atoms with E-state index in [2.05, 4.69) is 15.6 Å². The normalized spacial score (nSPS) is 25.4. The number of aliphatic imine (C=N–C) groups is 1. The van der Waals surface area contributed by atoms with Gasteiger partial charge in [-0.1, -0.05) is 19.3 Å². The summed E-state index contributed by atoms with van der Waals surface area (Å²) in [4.78, 5) is 4.53. The molecule has 0 aromatic heterocycles. The maximum atomic E-state index is 11.5. The Kier molecular flexibility index (Phi) is 7.62. The third-order valence-electron chi connectivity index (χ3n) is 4.40. The second-order valence-electron chi connectivity index (χ2n) is 6.49. The minimum Gasteiger partial charge on any atom is -0.378 e. The van der Waals surface area contributed by atoms with E-state index in [1.54, 1.807) is 0 Å². The molecule has 1 aliphatic heterocycles. The smallest absolute Gasteiger partial charge is 0.191 e. The van der Waals surface area contributed by atoms with Gasteiger partial charge in [-0.2, -0.15) is 0 Å². The van der Waals surface area contributed by atoms with Crippen LogP contribution in [0.5, 0.6) is 0 Å². The molecule has 0 aromatic rings. The molecule has 0 spiro atoms. The van der Waals surface area contributed by atoms with Gasteiger partial charge in [-0.25, -0.2) is 8.42 Å². The number of guanidine groups is 1. The average Bonchev–Trinajstić information content (AvgIpc) is 2.87. The van der Waals surface area contributed by atoms with Gasteiger partial charge in [0.25, 0.3) is 0 Å². The number of sulfone groups is 1. The molecule has 6 nitrogen and oxygen atoms in total. The first-order valence-corrected chi connectivity index (χ1v) is 10.8. The molecule has 1 saturated carbocycles. The lowest BCUT2D eigenvalue weighted by atomic mass is 9.98. The van der Waals surface area contributed by atoms with Crippen molar-refractivity contribution in [3.05, 3.63) is 0 Å². The highest BCUT2D eigenvalue weighted by atomic mass is 32.2. The summed E-state index contributed by atoms with van der Waals surface area (Å²) in [5, 5.41) is 6.41. The third kappa shape index (κ3) is 7.08. The van der Waals surface area contributed by atoms with Gasteiger partial charge in [0.05, 0.1) is 17.6 Å². The summed E-state index contributed by atoms with van der Waals surface area (Å²) in [6.07, 6.45) is 8.34. The molecule has 0 amide bonds. The van der Waals surface area contributed by atoms with Crippen LogP contribution in [0.1, 0.15) is 51.9 Å². The van der Waals surface area contributed by atoms with E-state index in [0.717, 1.165) is 19.6 Å². The highest BCUT2D eigenvalue weighted by molar-refractivity contribution is 7.91. The third-order valence-corrected chi connectivity index (χ3v) is 6.16. The molecule has 2 N–H and O–H groups in total. The Hall–Kier alpha value is -0.820. The van der Waals surface area contributed by atoms with Crippen LogP contribution in [-0.2, 0) is 14.6 Å². The number of ether oxygens (including phenoxy) is 1. The molecule has 134 valence electrons. The molecule has 0 radical (unpaired) electrons. The van der Waals surface area contributed by atoms with Gasteiger partial charge in [0.1, 0.15) is 0 Å². The average molecular weight is 346 g/mol. The minimum absolute atomic E-state index is 0.0173. The quantitative estimate of drug-likeness (QED) is 0.415. The van der Waals surface area contributed by atoms with Crippen LogP contribution in [0.2, 0.25) is 0 Å².